The zero-order valence-electron chi connectivity index (χ0n) is 18.8. The molecule has 0 atom stereocenters. The van der Waals surface area contributed by atoms with Crippen LogP contribution < -0.4 is 15.4 Å². The van der Waals surface area contributed by atoms with Crippen LogP contribution in [-0.4, -0.2) is 63.0 Å². The summed E-state index contributed by atoms with van der Waals surface area (Å²) in [5.74, 6) is -0.428. The molecule has 1 saturated heterocycles. The number of carbonyl (C=O) groups excluding carboxylic acids is 3. The van der Waals surface area contributed by atoms with Crippen LogP contribution in [0.3, 0.4) is 0 Å². The zero-order chi connectivity index (χ0) is 23.8. The molecule has 0 aliphatic carbocycles. The van der Waals surface area contributed by atoms with Crippen molar-refractivity contribution >= 4 is 33.6 Å². The van der Waals surface area contributed by atoms with Crippen LogP contribution in [0.1, 0.15) is 46.5 Å². The highest BCUT2D eigenvalue weighted by Gasteiger charge is 2.20. The molecule has 1 aromatic rings. The zero-order valence-corrected chi connectivity index (χ0v) is 19.6. The van der Waals surface area contributed by atoms with Gasteiger partial charge in [0.05, 0.1) is 11.4 Å². The summed E-state index contributed by atoms with van der Waals surface area (Å²) in [5.41, 5.74) is -0.332. The standard InChI is InChI=1S/C21H32N4O6S/c1-21(2,3)31-20(28)22-11-12-23-32(29,30)17-9-7-8-16(14-17)24-18(26)15-25-13-6-4-5-10-19(25)27/h7-9,14,23H,4-6,10-13,15H2,1-3H3,(H,22,28)(H,24,26). The monoisotopic (exact) mass is 468 g/mol. The van der Waals surface area contributed by atoms with Crippen LogP contribution in [0.5, 0.6) is 0 Å². The number of likely N-dealkylation sites (tertiary alicyclic amines) is 1. The maximum atomic E-state index is 12.5. The summed E-state index contributed by atoms with van der Waals surface area (Å²) in [6.07, 6.45) is 2.46. The fourth-order valence-corrected chi connectivity index (χ4v) is 4.15. The van der Waals surface area contributed by atoms with Crippen LogP contribution in [0.15, 0.2) is 29.2 Å². The Morgan fingerprint density at radius 1 is 1.12 bits per heavy atom. The third-order valence-electron chi connectivity index (χ3n) is 4.52. The van der Waals surface area contributed by atoms with Crippen LogP contribution >= 0.6 is 0 Å². The van der Waals surface area contributed by atoms with Gasteiger partial charge in [-0.2, -0.15) is 0 Å². The van der Waals surface area contributed by atoms with Gasteiger partial charge in [-0.15, -0.1) is 0 Å². The Labute approximate surface area is 189 Å². The molecule has 1 aliphatic rings. The van der Waals surface area contributed by atoms with E-state index in [1.165, 1.54) is 23.1 Å². The average molecular weight is 469 g/mol. The van der Waals surface area contributed by atoms with Gasteiger partial charge in [0.2, 0.25) is 21.8 Å². The Morgan fingerprint density at radius 3 is 2.59 bits per heavy atom. The van der Waals surface area contributed by atoms with E-state index in [2.05, 4.69) is 15.4 Å². The molecule has 32 heavy (non-hydrogen) atoms. The lowest BCUT2D eigenvalue weighted by molar-refractivity contribution is -0.134. The smallest absolute Gasteiger partial charge is 0.407 e. The summed E-state index contributed by atoms with van der Waals surface area (Å²) in [5, 5.41) is 5.12. The first-order valence-corrected chi connectivity index (χ1v) is 12.1. The van der Waals surface area contributed by atoms with Crippen molar-refractivity contribution in [2.24, 2.45) is 0 Å². The summed E-state index contributed by atoms with van der Waals surface area (Å²) in [6.45, 7) is 5.68. The van der Waals surface area contributed by atoms with E-state index in [0.717, 1.165) is 19.3 Å². The molecular formula is C21H32N4O6S. The second kappa shape index (κ2) is 11.3. The molecule has 3 N–H and O–H groups in total. The van der Waals surface area contributed by atoms with Crippen molar-refractivity contribution in [2.45, 2.75) is 57.0 Å². The van der Waals surface area contributed by atoms with Crippen molar-refractivity contribution in [3.63, 3.8) is 0 Å². The minimum absolute atomic E-state index is 0.0292. The second-order valence-corrected chi connectivity index (χ2v) is 10.3. The number of rotatable bonds is 8. The number of hydrogen-bond acceptors (Lipinski definition) is 6. The number of nitrogens with zero attached hydrogens (tertiary/aromatic N) is 1. The first-order chi connectivity index (χ1) is 15.0. The van der Waals surface area contributed by atoms with Crippen molar-refractivity contribution in [1.82, 2.24) is 14.9 Å². The lowest BCUT2D eigenvalue weighted by Gasteiger charge is -2.20. The largest absolute Gasteiger partial charge is 0.444 e. The minimum Gasteiger partial charge on any atom is -0.444 e. The third kappa shape index (κ3) is 8.83. The first-order valence-electron chi connectivity index (χ1n) is 10.6. The third-order valence-corrected chi connectivity index (χ3v) is 5.98. The van der Waals surface area contributed by atoms with Gasteiger partial charge in [0.25, 0.3) is 0 Å². The highest BCUT2D eigenvalue weighted by molar-refractivity contribution is 7.89. The second-order valence-electron chi connectivity index (χ2n) is 8.53. The predicted octanol–water partition coefficient (Wildman–Crippen LogP) is 1.83. The number of ether oxygens (including phenoxy) is 1. The molecule has 3 amide bonds. The van der Waals surface area contributed by atoms with Crippen molar-refractivity contribution < 1.29 is 27.5 Å². The normalized spacial score (nSPS) is 15.1. The SMILES string of the molecule is CC(C)(C)OC(=O)NCCNS(=O)(=O)c1cccc(NC(=O)CN2CCCCCC2=O)c1. The summed E-state index contributed by atoms with van der Waals surface area (Å²) in [6, 6.07) is 5.83. The maximum absolute atomic E-state index is 12.5. The molecule has 0 saturated carbocycles. The number of nitrogens with one attached hydrogen (secondary N) is 3. The molecule has 178 valence electrons. The topological polar surface area (TPSA) is 134 Å². The Bertz CT molecular complexity index is 926. The molecule has 1 aromatic carbocycles. The molecule has 0 bridgehead atoms. The number of hydrogen-bond donors (Lipinski definition) is 3. The number of alkyl carbamates (subject to hydrolysis) is 1. The lowest BCUT2D eigenvalue weighted by Crippen LogP contribution is -2.38. The molecule has 2 rings (SSSR count). The van der Waals surface area contributed by atoms with Gasteiger partial charge < -0.3 is 20.3 Å². The minimum atomic E-state index is -3.85. The summed E-state index contributed by atoms with van der Waals surface area (Å²) < 4.78 is 32.5. The maximum Gasteiger partial charge on any atom is 0.407 e. The summed E-state index contributed by atoms with van der Waals surface area (Å²) in [7, 11) is -3.85. The van der Waals surface area contributed by atoms with Gasteiger partial charge in [-0.25, -0.2) is 17.9 Å². The molecular weight excluding hydrogens is 436 g/mol. The van der Waals surface area contributed by atoms with E-state index >= 15 is 0 Å². The van der Waals surface area contributed by atoms with Crippen molar-refractivity contribution in [1.29, 1.82) is 0 Å². The number of amides is 3. The molecule has 0 aromatic heterocycles. The van der Waals surface area contributed by atoms with Gasteiger partial charge in [0, 0.05) is 31.7 Å². The number of carbonyl (C=O) groups is 3. The van der Waals surface area contributed by atoms with Gasteiger partial charge in [0.15, 0.2) is 0 Å². The Morgan fingerprint density at radius 2 is 1.88 bits per heavy atom. The van der Waals surface area contributed by atoms with Crippen molar-refractivity contribution in [3.8, 4) is 0 Å². The molecule has 1 heterocycles. The predicted molar refractivity (Wildman–Crippen MR) is 120 cm³/mol. The molecule has 0 radical (unpaired) electrons. The van der Waals surface area contributed by atoms with E-state index in [1.807, 2.05) is 0 Å². The van der Waals surface area contributed by atoms with Gasteiger partial charge >= 0.3 is 6.09 Å². The summed E-state index contributed by atoms with van der Waals surface area (Å²) in [4.78, 5) is 37.5. The van der Waals surface area contributed by atoms with Crippen molar-refractivity contribution in [3.05, 3.63) is 24.3 Å². The lowest BCUT2D eigenvalue weighted by atomic mass is 10.2. The number of anilines is 1. The van der Waals surface area contributed by atoms with E-state index in [0.29, 0.717) is 18.7 Å². The van der Waals surface area contributed by atoms with E-state index in [1.54, 1.807) is 26.8 Å². The van der Waals surface area contributed by atoms with E-state index in [-0.39, 0.29) is 36.3 Å². The van der Waals surface area contributed by atoms with Crippen LogP contribution in [0.25, 0.3) is 0 Å². The van der Waals surface area contributed by atoms with Crippen LogP contribution in [0.4, 0.5) is 10.5 Å². The molecule has 10 nitrogen and oxygen atoms in total. The van der Waals surface area contributed by atoms with E-state index < -0.39 is 21.7 Å². The molecule has 0 spiro atoms. The average Bonchev–Trinajstić information content (AvgIpc) is 2.88. The highest BCUT2D eigenvalue weighted by Crippen LogP contribution is 2.16. The summed E-state index contributed by atoms with van der Waals surface area (Å²) >= 11 is 0. The fraction of sp³-hybridized carbons (Fsp3) is 0.571. The highest BCUT2D eigenvalue weighted by atomic mass is 32.2. The Kier molecular flexibility index (Phi) is 9.02. The Hall–Kier alpha value is -2.66. The molecule has 0 unspecified atom stereocenters. The van der Waals surface area contributed by atoms with Crippen LogP contribution in [-0.2, 0) is 24.3 Å². The van der Waals surface area contributed by atoms with Gasteiger partial charge in [-0.05, 0) is 51.8 Å². The van der Waals surface area contributed by atoms with Gasteiger partial charge in [-0.3, -0.25) is 9.59 Å². The fourth-order valence-electron chi connectivity index (χ4n) is 3.07. The molecule has 1 fully saturated rings. The van der Waals surface area contributed by atoms with Crippen LogP contribution in [0, 0.1) is 0 Å². The molecule has 11 heteroatoms. The Balaban J connectivity index is 1.88. The van der Waals surface area contributed by atoms with Gasteiger partial charge in [0.1, 0.15) is 5.60 Å². The van der Waals surface area contributed by atoms with Crippen LogP contribution in [0.2, 0.25) is 0 Å². The van der Waals surface area contributed by atoms with E-state index in [9.17, 15) is 22.8 Å². The van der Waals surface area contributed by atoms with E-state index in [4.69, 9.17) is 4.74 Å². The quantitative estimate of drug-likeness (QED) is 0.499. The molecule has 1 aliphatic heterocycles. The first kappa shape index (κ1) is 25.6. The van der Waals surface area contributed by atoms with Gasteiger partial charge in [-0.1, -0.05) is 12.5 Å². The number of benzene rings is 1. The van der Waals surface area contributed by atoms with Crippen molar-refractivity contribution in [2.75, 3.05) is 31.5 Å². The number of sulfonamides is 1.